The van der Waals surface area contributed by atoms with E-state index in [1.807, 2.05) is 19.1 Å². The average Bonchev–Trinajstić information content (AvgIpc) is 3.09. The zero-order valence-corrected chi connectivity index (χ0v) is 9.60. The molecule has 3 N–H and O–H groups in total. The molecule has 0 aromatic carbocycles. The molecule has 0 bridgehead atoms. The molecule has 0 aliphatic heterocycles. The summed E-state index contributed by atoms with van der Waals surface area (Å²) in [6.45, 7) is 1.96. The highest BCUT2D eigenvalue weighted by Crippen LogP contribution is 2.40. The lowest BCUT2D eigenvalue weighted by atomic mass is 10.3. The number of pyridine rings is 1. The van der Waals surface area contributed by atoms with Gasteiger partial charge in [-0.25, -0.2) is 4.98 Å². The lowest BCUT2D eigenvalue weighted by molar-refractivity contribution is 0.791. The first kappa shape index (κ1) is 10.1. The molecular weight excluding hydrogens is 216 g/mol. The van der Waals surface area contributed by atoms with Crippen molar-refractivity contribution in [2.45, 2.75) is 25.7 Å². The highest BCUT2D eigenvalue weighted by Gasteiger charge is 2.29. The van der Waals surface area contributed by atoms with Gasteiger partial charge in [-0.05, 0) is 37.5 Å². The van der Waals surface area contributed by atoms with Crippen LogP contribution in [0.2, 0.25) is 0 Å². The minimum Gasteiger partial charge on any atom is -0.393 e. The summed E-state index contributed by atoms with van der Waals surface area (Å²) in [5.74, 6) is 1.02. The molecule has 0 spiro atoms. The molecule has 5 heteroatoms. The standard InChI is InChI=1S/C12H14N4O/c1-7-4-5-14-9(6-7)16-12(17)10(13)11(15-16)8-2-3-8/h4-6,8,15H,2-3,13H2,1H3. The number of nitrogens with zero attached hydrogens (tertiary/aromatic N) is 2. The molecule has 3 rings (SSSR count). The second-order valence-corrected chi connectivity index (χ2v) is 4.55. The van der Waals surface area contributed by atoms with Gasteiger partial charge in [0.05, 0.1) is 5.69 Å². The Morgan fingerprint density at radius 3 is 2.94 bits per heavy atom. The van der Waals surface area contributed by atoms with Gasteiger partial charge in [-0.1, -0.05) is 0 Å². The minimum atomic E-state index is -0.204. The molecule has 1 saturated carbocycles. The molecule has 1 fully saturated rings. The molecule has 0 unspecified atom stereocenters. The maximum Gasteiger partial charge on any atom is 0.296 e. The number of aryl methyl sites for hydroxylation is 1. The molecule has 1 aliphatic carbocycles. The van der Waals surface area contributed by atoms with Gasteiger partial charge < -0.3 is 5.73 Å². The summed E-state index contributed by atoms with van der Waals surface area (Å²) in [5.41, 5.74) is 7.87. The van der Waals surface area contributed by atoms with E-state index in [0.29, 0.717) is 17.4 Å². The third kappa shape index (κ3) is 1.63. The molecule has 0 amide bonds. The Morgan fingerprint density at radius 1 is 1.53 bits per heavy atom. The molecule has 2 heterocycles. The molecule has 0 radical (unpaired) electrons. The molecule has 2 aromatic heterocycles. The summed E-state index contributed by atoms with van der Waals surface area (Å²) in [6, 6.07) is 3.75. The number of rotatable bonds is 2. The van der Waals surface area contributed by atoms with Crippen LogP contribution in [-0.2, 0) is 0 Å². The number of aromatic amines is 1. The van der Waals surface area contributed by atoms with Crippen molar-refractivity contribution in [1.82, 2.24) is 14.8 Å². The number of nitrogens with one attached hydrogen (secondary N) is 1. The van der Waals surface area contributed by atoms with Crippen LogP contribution in [0.15, 0.2) is 23.1 Å². The average molecular weight is 230 g/mol. The molecule has 1 aliphatic rings. The topological polar surface area (TPSA) is 76.7 Å². The Labute approximate surface area is 98.3 Å². The molecule has 5 nitrogen and oxygen atoms in total. The number of nitrogens with two attached hydrogens (primary N) is 1. The van der Waals surface area contributed by atoms with Crippen LogP contribution in [0.5, 0.6) is 0 Å². The summed E-state index contributed by atoms with van der Waals surface area (Å²) in [5, 5.41) is 3.07. The Hall–Kier alpha value is -2.04. The number of H-pyrrole nitrogens is 1. The maximum absolute atomic E-state index is 12.0. The smallest absolute Gasteiger partial charge is 0.296 e. The third-order valence-electron chi connectivity index (χ3n) is 3.07. The fourth-order valence-corrected chi connectivity index (χ4v) is 1.95. The highest BCUT2D eigenvalue weighted by molar-refractivity contribution is 5.46. The van der Waals surface area contributed by atoms with Gasteiger partial charge >= 0.3 is 0 Å². The summed E-state index contributed by atoms with van der Waals surface area (Å²) in [4.78, 5) is 16.2. The second-order valence-electron chi connectivity index (χ2n) is 4.55. The van der Waals surface area contributed by atoms with E-state index in [-0.39, 0.29) is 5.56 Å². The maximum atomic E-state index is 12.0. The SMILES string of the molecule is Cc1ccnc(-n2[nH]c(C3CC3)c(N)c2=O)c1. The van der Waals surface area contributed by atoms with Crippen LogP contribution in [0.3, 0.4) is 0 Å². The highest BCUT2D eigenvalue weighted by atomic mass is 16.1. The van der Waals surface area contributed by atoms with Gasteiger partial charge in [-0.3, -0.25) is 9.89 Å². The lowest BCUT2D eigenvalue weighted by Crippen LogP contribution is -2.17. The van der Waals surface area contributed by atoms with Gasteiger partial charge in [0.15, 0.2) is 5.82 Å². The van der Waals surface area contributed by atoms with E-state index in [2.05, 4.69) is 10.1 Å². The van der Waals surface area contributed by atoms with Crippen molar-refractivity contribution in [3.8, 4) is 5.82 Å². The predicted octanol–water partition coefficient (Wildman–Crippen LogP) is 1.33. The second kappa shape index (κ2) is 3.48. The van der Waals surface area contributed by atoms with E-state index in [1.54, 1.807) is 6.20 Å². The van der Waals surface area contributed by atoms with Crippen LogP contribution in [0.4, 0.5) is 5.69 Å². The van der Waals surface area contributed by atoms with E-state index in [4.69, 9.17) is 5.73 Å². The van der Waals surface area contributed by atoms with Crippen molar-refractivity contribution in [3.63, 3.8) is 0 Å². The first-order valence-electron chi connectivity index (χ1n) is 5.70. The molecule has 0 saturated heterocycles. The number of aromatic nitrogens is 3. The first-order chi connectivity index (χ1) is 8.16. The van der Waals surface area contributed by atoms with E-state index in [1.165, 1.54) is 4.68 Å². The lowest BCUT2D eigenvalue weighted by Gasteiger charge is -2.01. The molecule has 88 valence electrons. The zero-order valence-electron chi connectivity index (χ0n) is 9.60. The number of nitrogen functional groups attached to an aromatic ring is 1. The van der Waals surface area contributed by atoms with Crippen molar-refractivity contribution in [2.75, 3.05) is 5.73 Å². The normalized spacial score (nSPS) is 15.1. The Balaban J connectivity index is 2.15. The quantitative estimate of drug-likeness (QED) is 0.817. The minimum absolute atomic E-state index is 0.204. The van der Waals surface area contributed by atoms with E-state index in [0.717, 1.165) is 24.1 Å². The van der Waals surface area contributed by atoms with Crippen molar-refractivity contribution >= 4 is 5.69 Å². The summed E-state index contributed by atoms with van der Waals surface area (Å²) in [6.07, 6.45) is 3.89. The Morgan fingerprint density at radius 2 is 2.29 bits per heavy atom. The van der Waals surface area contributed by atoms with Crippen LogP contribution in [0.1, 0.15) is 30.0 Å². The molecule has 2 aromatic rings. The Bertz CT molecular complexity index is 622. The summed E-state index contributed by atoms with van der Waals surface area (Å²) in [7, 11) is 0. The van der Waals surface area contributed by atoms with Gasteiger partial charge in [0.1, 0.15) is 5.69 Å². The number of hydrogen-bond acceptors (Lipinski definition) is 3. The van der Waals surface area contributed by atoms with Crippen molar-refractivity contribution in [2.24, 2.45) is 0 Å². The fourth-order valence-electron chi connectivity index (χ4n) is 1.95. The third-order valence-corrected chi connectivity index (χ3v) is 3.07. The van der Waals surface area contributed by atoms with Crippen molar-refractivity contribution in [1.29, 1.82) is 0 Å². The van der Waals surface area contributed by atoms with E-state index in [9.17, 15) is 4.79 Å². The van der Waals surface area contributed by atoms with Crippen LogP contribution in [-0.4, -0.2) is 14.8 Å². The van der Waals surface area contributed by atoms with Gasteiger partial charge in [0.25, 0.3) is 5.56 Å². The van der Waals surface area contributed by atoms with Crippen molar-refractivity contribution < 1.29 is 0 Å². The van der Waals surface area contributed by atoms with Crippen LogP contribution >= 0.6 is 0 Å². The van der Waals surface area contributed by atoms with Gasteiger partial charge in [0.2, 0.25) is 0 Å². The first-order valence-corrected chi connectivity index (χ1v) is 5.70. The van der Waals surface area contributed by atoms with Gasteiger partial charge in [0, 0.05) is 12.1 Å². The monoisotopic (exact) mass is 230 g/mol. The zero-order chi connectivity index (χ0) is 12.0. The molecule has 17 heavy (non-hydrogen) atoms. The van der Waals surface area contributed by atoms with Crippen molar-refractivity contribution in [3.05, 3.63) is 39.9 Å². The van der Waals surface area contributed by atoms with Crippen LogP contribution in [0.25, 0.3) is 5.82 Å². The molecular formula is C12H14N4O. The number of hydrogen-bond donors (Lipinski definition) is 2. The fraction of sp³-hybridized carbons (Fsp3) is 0.333. The van der Waals surface area contributed by atoms with Crippen LogP contribution < -0.4 is 11.3 Å². The van der Waals surface area contributed by atoms with Gasteiger partial charge in [-0.2, -0.15) is 4.68 Å². The van der Waals surface area contributed by atoms with Gasteiger partial charge in [-0.15, -0.1) is 0 Å². The van der Waals surface area contributed by atoms with Crippen LogP contribution in [0, 0.1) is 6.92 Å². The predicted molar refractivity (Wildman–Crippen MR) is 65.3 cm³/mol. The largest absolute Gasteiger partial charge is 0.393 e. The molecule has 0 atom stereocenters. The Kier molecular flexibility index (Phi) is 2.07. The van der Waals surface area contributed by atoms with E-state index >= 15 is 0 Å². The summed E-state index contributed by atoms with van der Waals surface area (Å²) < 4.78 is 1.43. The number of anilines is 1. The van der Waals surface area contributed by atoms with E-state index < -0.39 is 0 Å². The summed E-state index contributed by atoms with van der Waals surface area (Å²) >= 11 is 0.